The second kappa shape index (κ2) is 7.67. The van der Waals surface area contributed by atoms with Crippen LogP contribution in [-0.4, -0.2) is 38.6 Å². The highest BCUT2D eigenvalue weighted by Crippen LogP contribution is 2.23. The van der Waals surface area contributed by atoms with Crippen LogP contribution in [0.1, 0.15) is 27.6 Å². The smallest absolute Gasteiger partial charge is 0.338 e. The molecule has 0 radical (unpaired) electrons. The zero-order valence-corrected chi connectivity index (χ0v) is 15.5. The number of rotatable bonds is 6. The molecule has 1 atom stereocenters. The van der Waals surface area contributed by atoms with E-state index in [0.717, 1.165) is 17.6 Å². The van der Waals surface area contributed by atoms with Crippen LogP contribution in [0, 0.1) is 0 Å². The van der Waals surface area contributed by atoms with Crippen molar-refractivity contribution in [2.45, 2.75) is 17.9 Å². The highest BCUT2D eigenvalue weighted by Gasteiger charge is 2.21. The van der Waals surface area contributed by atoms with E-state index in [0.29, 0.717) is 0 Å². The van der Waals surface area contributed by atoms with E-state index in [9.17, 15) is 22.8 Å². The number of benzene rings is 1. The zero-order valence-electron chi connectivity index (χ0n) is 13.9. The summed E-state index contributed by atoms with van der Waals surface area (Å²) in [5.74, 6) is -2.10. The SMILES string of the molecule is C[C@@H](OC(=O)c1ccc(S(C)(=O)=O)cc1)C(=O)Nc1sccc1C(N)=O. The van der Waals surface area contributed by atoms with Crippen molar-refractivity contribution in [3.63, 3.8) is 0 Å². The van der Waals surface area contributed by atoms with Crippen molar-refractivity contribution in [1.29, 1.82) is 0 Å². The summed E-state index contributed by atoms with van der Waals surface area (Å²) in [4.78, 5) is 35.5. The van der Waals surface area contributed by atoms with Crippen molar-refractivity contribution in [1.82, 2.24) is 0 Å². The van der Waals surface area contributed by atoms with Crippen LogP contribution in [0.25, 0.3) is 0 Å². The quantitative estimate of drug-likeness (QED) is 0.710. The Kier molecular flexibility index (Phi) is 5.78. The number of nitrogens with one attached hydrogen (secondary N) is 1. The maximum Gasteiger partial charge on any atom is 0.338 e. The second-order valence-corrected chi connectivity index (χ2v) is 8.29. The number of hydrogen-bond donors (Lipinski definition) is 2. The van der Waals surface area contributed by atoms with E-state index in [-0.39, 0.29) is 21.0 Å². The highest BCUT2D eigenvalue weighted by atomic mass is 32.2. The van der Waals surface area contributed by atoms with Gasteiger partial charge in [-0.2, -0.15) is 0 Å². The molecule has 1 aromatic heterocycles. The molecule has 0 aliphatic carbocycles. The van der Waals surface area contributed by atoms with Gasteiger partial charge in [0.25, 0.3) is 11.8 Å². The van der Waals surface area contributed by atoms with Gasteiger partial charge in [0, 0.05) is 6.26 Å². The molecule has 0 bridgehead atoms. The number of carbonyl (C=O) groups is 3. The zero-order chi connectivity index (χ0) is 19.5. The molecule has 2 amide bonds. The molecular weight excluding hydrogens is 380 g/mol. The number of primary amides is 1. The van der Waals surface area contributed by atoms with Gasteiger partial charge < -0.3 is 15.8 Å². The maximum absolute atomic E-state index is 12.1. The summed E-state index contributed by atoms with van der Waals surface area (Å²) < 4.78 is 27.9. The summed E-state index contributed by atoms with van der Waals surface area (Å²) >= 11 is 1.11. The minimum Gasteiger partial charge on any atom is -0.449 e. The molecule has 0 aliphatic heterocycles. The van der Waals surface area contributed by atoms with E-state index < -0.39 is 33.7 Å². The largest absolute Gasteiger partial charge is 0.449 e. The third kappa shape index (κ3) is 4.67. The van der Waals surface area contributed by atoms with Gasteiger partial charge in [-0.1, -0.05) is 0 Å². The molecule has 3 N–H and O–H groups in total. The highest BCUT2D eigenvalue weighted by molar-refractivity contribution is 7.90. The van der Waals surface area contributed by atoms with Gasteiger partial charge in [-0.05, 0) is 42.6 Å². The normalized spacial score (nSPS) is 12.2. The minimum absolute atomic E-state index is 0.0662. The Morgan fingerprint density at radius 3 is 2.31 bits per heavy atom. The fraction of sp³-hybridized carbons (Fsp3) is 0.188. The third-order valence-electron chi connectivity index (χ3n) is 3.34. The first-order valence-corrected chi connectivity index (χ1v) is 10.1. The Morgan fingerprint density at radius 2 is 1.77 bits per heavy atom. The molecule has 1 heterocycles. The number of esters is 1. The number of amides is 2. The predicted molar refractivity (Wildman–Crippen MR) is 95.9 cm³/mol. The summed E-state index contributed by atoms with van der Waals surface area (Å²) in [5.41, 5.74) is 5.47. The molecule has 0 saturated heterocycles. The first-order chi connectivity index (χ1) is 12.1. The van der Waals surface area contributed by atoms with Crippen molar-refractivity contribution >= 4 is 44.0 Å². The van der Waals surface area contributed by atoms with Crippen LogP contribution in [-0.2, 0) is 19.4 Å². The molecule has 1 aromatic carbocycles. The molecule has 0 unspecified atom stereocenters. The van der Waals surface area contributed by atoms with Gasteiger partial charge >= 0.3 is 5.97 Å². The lowest BCUT2D eigenvalue weighted by Crippen LogP contribution is -2.30. The van der Waals surface area contributed by atoms with Crippen LogP contribution in [0.15, 0.2) is 40.6 Å². The molecule has 0 saturated carbocycles. The van der Waals surface area contributed by atoms with Crippen LogP contribution in [0.5, 0.6) is 0 Å². The van der Waals surface area contributed by atoms with Crippen molar-refractivity contribution < 1.29 is 27.5 Å². The van der Waals surface area contributed by atoms with Crippen molar-refractivity contribution in [2.75, 3.05) is 11.6 Å². The van der Waals surface area contributed by atoms with Crippen LogP contribution < -0.4 is 11.1 Å². The van der Waals surface area contributed by atoms with Gasteiger partial charge in [-0.15, -0.1) is 11.3 Å². The average Bonchev–Trinajstić information content (AvgIpc) is 3.02. The lowest BCUT2D eigenvalue weighted by atomic mass is 10.2. The van der Waals surface area contributed by atoms with Crippen molar-refractivity contribution in [2.24, 2.45) is 5.73 Å². The number of thiophene rings is 1. The monoisotopic (exact) mass is 396 g/mol. The Hall–Kier alpha value is -2.72. The Balaban J connectivity index is 2.03. The van der Waals surface area contributed by atoms with Crippen molar-refractivity contribution in [3.8, 4) is 0 Å². The predicted octanol–water partition coefficient (Wildman–Crippen LogP) is 1.43. The lowest BCUT2D eigenvalue weighted by molar-refractivity contribution is -0.123. The number of sulfone groups is 1. The number of hydrogen-bond acceptors (Lipinski definition) is 7. The fourth-order valence-electron chi connectivity index (χ4n) is 1.93. The van der Waals surface area contributed by atoms with Gasteiger partial charge in [0.1, 0.15) is 5.00 Å². The van der Waals surface area contributed by atoms with E-state index in [1.165, 1.54) is 37.3 Å². The van der Waals surface area contributed by atoms with Gasteiger partial charge in [0.15, 0.2) is 15.9 Å². The molecule has 2 rings (SSSR count). The number of nitrogens with two attached hydrogens (primary N) is 1. The van der Waals surface area contributed by atoms with Crippen molar-refractivity contribution in [3.05, 3.63) is 46.8 Å². The van der Waals surface area contributed by atoms with Gasteiger partial charge in [-0.25, -0.2) is 13.2 Å². The van der Waals surface area contributed by atoms with Crippen LogP contribution in [0.4, 0.5) is 5.00 Å². The van der Waals surface area contributed by atoms with E-state index >= 15 is 0 Å². The number of anilines is 1. The summed E-state index contributed by atoms with van der Waals surface area (Å²) in [6, 6.07) is 6.63. The standard InChI is InChI=1S/C16H16N2O6S2/c1-9(14(20)18-15-12(13(17)19)7-8-25-15)24-16(21)10-3-5-11(6-4-10)26(2,22)23/h3-9H,1-2H3,(H2,17,19)(H,18,20)/t9-/m1/s1. The molecule has 10 heteroatoms. The van der Waals surface area contributed by atoms with Crippen LogP contribution >= 0.6 is 11.3 Å². The van der Waals surface area contributed by atoms with E-state index in [1.54, 1.807) is 5.38 Å². The summed E-state index contributed by atoms with van der Waals surface area (Å²) in [7, 11) is -3.37. The average molecular weight is 396 g/mol. The Labute approximate surface area is 153 Å². The Morgan fingerprint density at radius 1 is 1.15 bits per heavy atom. The molecule has 2 aromatic rings. The molecule has 8 nitrogen and oxygen atoms in total. The van der Waals surface area contributed by atoms with Gasteiger partial charge in [0.05, 0.1) is 16.0 Å². The first kappa shape index (κ1) is 19.6. The van der Waals surface area contributed by atoms with Crippen LogP contribution in [0.3, 0.4) is 0 Å². The van der Waals surface area contributed by atoms with E-state index in [4.69, 9.17) is 10.5 Å². The second-order valence-electron chi connectivity index (χ2n) is 5.36. The van der Waals surface area contributed by atoms with Gasteiger partial charge in [-0.3, -0.25) is 9.59 Å². The van der Waals surface area contributed by atoms with Crippen LogP contribution in [0.2, 0.25) is 0 Å². The van der Waals surface area contributed by atoms with E-state index in [2.05, 4.69) is 5.32 Å². The molecule has 0 fully saturated rings. The minimum atomic E-state index is -3.37. The number of ether oxygens (including phenoxy) is 1. The summed E-state index contributed by atoms with van der Waals surface area (Å²) in [5, 5.41) is 4.34. The van der Waals surface area contributed by atoms with Gasteiger partial charge in [0.2, 0.25) is 0 Å². The number of carbonyl (C=O) groups excluding carboxylic acids is 3. The molecule has 26 heavy (non-hydrogen) atoms. The molecule has 138 valence electrons. The third-order valence-corrected chi connectivity index (χ3v) is 5.30. The Bertz CT molecular complexity index is 947. The molecular formula is C16H16N2O6S2. The maximum atomic E-state index is 12.1. The summed E-state index contributed by atoms with van der Waals surface area (Å²) in [6.07, 6.45) is -0.0857. The lowest BCUT2D eigenvalue weighted by Gasteiger charge is -2.13. The topological polar surface area (TPSA) is 133 Å². The first-order valence-electron chi connectivity index (χ1n) is 7.29. The van der Waals surface area contributed by atoms with E-state index in [1.807, 2.05) is 0 Å². The summed E-state index contributed by atoms with van der Waals surface area (Å²) in [6.45, 7) is 1.37. The molecule has 0 spiro atoms. The fourth-order valence-corrected chi connectivity index (χ4v) is 3.36. The molecule has 0 aliphatic rings.